The van der Waals surface area contributed by atoms with Crippen LogP contribution in [0.4, 0.5) is 0 Å². The molecule has 0 aliphatic carbocycles. The Bertz CT molecular complexity index is 1100. The Labute approximate surface area is 177 Å². The molecule has 0 fully saturated rings. The molecule has 3 aromatic rings. The monoisotopic (exact) mass is 476 g/mol. The third-order valence-corrected chi connectivity index (χ3v) is 5.67. The fourth-order valence-corrected chi connectivity index (χ4v) is 4.11. The number of carbonyl (C=O) groups is 1. The Balaban J connectivity index is 1.70. The van der Waals surface area contributed by atoms with Gasteiger partial charge in [0, 0.05) is 4.47 Å². The lowest BCUT2D eigenvalue weighted by molar-refractivity contribution is 0.0472. The maximum absolute atomic E-state index is 12.6. The topological polar surface area (TPSA) is 78.9 Å². The number of benzene rings is 3. The lowest BCUT2D eigenvalue weighted by atomic mass is 10.2. The Morgan fingerprint density at radius 2 is 1.66 bits per heavy atom. The molecule has 0 bridgehead atoms. The molecule has 0 aliphatic rings. The molecular formula is C21H17BrO6S. The van der Waals surface area contributed by atoms with E-state index in [0.29, 0.717) is 4.47 Å². The number of esters is 1. The van der Waals surface area contributed by atoms with Crippen LogP contribution in [0.2, 0.25) is 0 Å². The number of methoxy groups -OCH3 is 1. The second kappa shape index (κ2) is 9.11. The van der Waals surface area contributed by atoms with Gasteiger partial charge >= 0.3 is 16.1 Å². The first-order valence-electron chi connectivity index (χ1n) is 8.48. The van der Waals surface area contributed by atoms with Crippen LogP contribution in [0.1, 0.15) is 15.9 Å². The molecule has 150 valence electrons. The normalized spacial score (nSPS) is 11.0. The summed E-state index contributed by atoms with van der Waals surface area (Å²) in [7, 11) is -2.76. The zero-order valence-corrected chi connectivity index (χ0v) is 17.8. The SMILES string of the molecule is COc1ccc(Br)cc1S(=O)(=O)Oc1ccc(C(=O)OCc2ccccc2)cc1. The van der Waals surface area contributed by atoms with Crippen LogP contribution >= 0.6 is 15.9 Å². The molecule has 0 aliphatic heterocycles. The molecule has 0 unspecified atom stereocenters. The summed E-state index contributed by atoms with van der Waals surface area (Å²) in [5.41, 5.74) is 1.15. The zero-order chi connectivity index (χ0) is 20.9. The van der Waals surface area contributed by atoms with E-state index in [1.807, 2.05) is 30.3 Å². The number of hydrogen-bond acceptors (Lipinski definition) is 6. The second-order valence-corrected chi connectivity index (χ2v) is 8.35. The van der Waals surface area contributed by atoms with Gasteiger partial charge in [-0.1, -0.05) is 46.3 Å². The summed E-state index contributed by atoms with van der Waals surface area (Å²) in [5.74, 6) is -0.294. The van der Waals surface area contributed by atoms with Crippen LogP contribution in [-0.4, -0.2) is 21.5 Å². The van der Waals surface area contributed by atoms with Gasteiger partial charge in [0.15, 0.2) is 0 Å². The molecule has 6 nitrogen and oxygen atoms in total. The summed E-state index contributed by atoms with van der Waals surface area (Å²) in [6, 6.07) is 19.5. The number of halogens is 1. The Kier molecular flexibility index (Phi) is 6.56. The molecule has 8 heteroatoms. The third kappa shape index (κ3) is 5.36. The van der Waals surface area contributed by atoms with E-state index in [-0.39, 0.29) is 28.6 Å². The van der Waals surface area contributed by atoms with Gasteiger partial charge in [0.05, 0.1) is 12.7 Å². The van der Waals surface area contributed by atoms with E-state index < -0.39 is 16.1 Å². The first kappa shape index (κ1) is 20.9. The van der Waals surface area contributed by atoms with E-state index in [9.17, 15) is 13.2 Å². The van der Waals surface area contributed by atoms with Crippen LogP contribution < -0.4 is 8.92 Å². The maximum Gasteiger partial charge on any atom is 0.342 e. The van der Waals surface area contributed by atoms with Crippen LogP contribution in [0.25, 0.3) is 0 Å². The molecule has 3 aromatic carbocycles. The predicted octanol–water partition coefficient (Wildman–Crippen LogP) is 4.58. The van der Waals surface area contributed by atoms with Crippen molar-refractivity contribution in [3.05, 3.63) is 88.4 Å². The molecule has 0 N–H and O–H groups in total. The quantitative estimate of drug-likeness (QED) is 0.366. The molecule has 29 heavy (non-hydrogen) atoms. The lowest BCUT2D eigenvalue weighted by Gasteiger charge is -2.11. The van der Waals surface area contributed by atoms with Crippen molar-refractivity contribution in [1.29, 1.82) is 0 Å². The largest absolute Gasteiger partial charge is 0.495 e. The fourth-order valence-electron chi connectivity index (χ4n) is 2.47. The summed E-state index contributed by atoms with van der Waals surface area (Å²) in [5, 5.41) is 0. The van der Waals surface area contributed by atoms with Crippen molar-refractivity contribution in [3.63, 3.8) is 0 Å². The number of hydrogen-bond donors (Lipinski definition) is 0. The number of rotatable bonds is 7. The standard InChI is InChI=1S/C21H17BrO6S/c1-26-19-12-9-17(22)13-20(19)29(24,25)28-18-10-7-16(8-11-18)21(23)27-14-15-5-3-2-4-6-15/h2-13H,14H2,1H3. The van der Waals surface area contributed by atoms with Gasteiger partial charge in [0.1, 0.15) is 23.0 Å². The summed E-state index contributed by atoms with van der Waals surface area (Å²) in [6.45, 7) is 0.148. The van der Waals surface area contributed by atoms with Crippen LogP contribution in [0, 0.1) is 0 Å². The highest BCUT2D eigenvalue weighted by atomic mass is 79.9. The first-order chi connectivity index (χ1) is 13.9. The molecule has 0 saturated heterocycles. The van der Waals surface area contributed by atoms with Crippen molar-refractivity contribution in [2.24, 2.45) is 0 Å². The van der Waals surface area contributed by atoms with Crippen LogP contribution in [-0.2, 0) is 21.5 Å². The summed E-state index contributed by atoms with van der Waals surface area (Å²) in [6.07, 6.45) is 0. The lowest BCUT2D eigenvalue weighted by Crippen LogP contribution is -2.11. The summed E-state index contributed by atoms with van der Waals surface area (Å²) < 4.78 is 41.3. The minimum absolute atomic E-state index is 0.0617. The van der Waals surface area contributed by atoms with Crippen LogP contribution in [0.5, 0.6) is 11.5 Å². The molecular weight excluding hydrogens is 460 g/mol. The van der Waals surface area contributed by atoms with Gasteiger partial charge in [0.25, 0.3) is 0 Å². The zero-order valence-electron chi connectivity index (χ0n) is 15.4. The fraction of sp³-hybridized carbons (Fsp3) is 0.0952. The van der Waals surface area contributed by atoms with Crippen molar-refractivity contribution < 1.29 is 26.9 Å². The van der Waals surface area contributed by atoms with Gasteiger partial charge in [-0.05, 0) is 48.0 Å². The van der Waals surface area contributed by atoms with Gasteiger partial charge < -0.3 is 13.7 Å². The van der Waals surface area contributed by atoms with Crippen molar-refractivity contribution in [2.45, 2.75) is 11.5 Å². The van der Waals surface area contributed by atoms with E-state index in [0.717, 1.165) is 5.56 Å². The summed E-state index contributed by atoms with van der Waals surface area (Å²) >= 11 is 3.23. The van der Waals surface area contributed by atoms with Gasteiger partial charge in [-0.15, -0.1) is 0 Å². The Morgan fingerprint density at radius 1 is 0.966 bits per heavy atom. The predicted molar refractivity (Wildman–Crippen MR) is 111 cm³/mol. The number of ether oxygens (including phenoxy) is 2. The van der Waals surface area contributed by atoms with E-state index >= 15 is 0 Å². The highest BCUT2D eigenvalue weighted by Gasteiger charge is 2.22. The summed E-state index contributed by atoms with van der Waals surface area (Å²) in [4.78, 5) is 12.0. The van der Waals surface area contributed by atoms with E-state index in [2.05, 4.69) is 15.9 Å². The molecule has 0 atom stereocenters. The van der Waals surface area contributed by atoms with Gasteiger partial charge in [-0.2, -0.15) is 8.42 Å². The average molecular weight is 477 g/mol. The molecule has 0 heterocycles. The molecule has 0 spiro atoms. The average Bonchev–Trinajstić information content (AvgIpc) is 2.73. The molecule has 0 saturated carbocycles. The molecule has 0 radical (unpaired) electrons. The van der Waals surface area contributed by atoms with Crippen LogP contribution in [0.15, 0.2) is 82.2 Å². The van der Waals surface area contributed by atoms with E-state index in [1.54, 1.807) is 6.07 Å². The third-order valence-electron chi connectivity index (χ3n) is 3.90. The van der Waals surface area contributed by atoms with Crippen molar-refractivity contribution in [2.75, 3.05) is 7.11 Å². The second-order valence-electron chi connectivity index (χ2n) is 5.92. The van der Waals surface area contributed by atoms with Crippen molar-refractivity contribution >= 4 is 32.0 Å². The van der Waals surface area contributed by atoms with Gasteiger partial charge in [0.2, 0.25) is 0 Å². The van der Waals surface area contributed by atoms with E-state index in [4.69, 9.17) is 13.7 Å². The van der Waals surface area contributed by atoms with Crippen molar-refractivity contribution in [1.82, 2.24) is 0 Å². The van der Waals surface area contributed by atoms with Gasteiger partial charge in [-0.3, -0.25) is 0 Å². The van der Waals surface area contributed by atoms with Gasteiger partial charge in [-0.25, -0.2) is 4.79 Å². The van der Waals surface area contributed by atoms with E-state index in [1.165, 1.54) is 43.5 Å². The molecule has 0 amide bonds. The number of carbonyl (C=O) groups excluding carboxylic acids is 1. The van der Waals surface area contributed by atoms with Crippen molar-refractivity contribution in [3.8, 4) is 11.5 Å². The smallest absolute Gasteiger partial charge is 0.342 e. The minimum Gasteiger partial charge on any atom is -0.495 e. The maximum atomic E-state index is 12.6. The Hall–Kier alpha value is -2.84. The molecule has 0 aromatic heterocycles. The Morgan fingerprint density at radius 3 is 2.31 bits per heavy atom. The minimum atomic E-state index is -4.13. The first-order valence-corrected chi connectivity index (χ1v) is 10.7. The molecule has 3 rings (SSSR count). The highest BCUT2D eigenvalue weighted by Crippen LogP contribution is 2.29. The van der Waals surface area contributed by atoms with Crippen LogP contribution in [0.3, 0.4) is 0 Å². The highest BCUT2D eigenvalue weighted by molar-refractivity contribution is 9.10.